The third kappa shape index (κ3) is 2.68. The van der Waals surface area contributed by atoms with Crippen LogP contribution in [0.1, 0.15) is 30.1 Å². The molecular weight excluding hydrogens is 384 g/mol. The molecule has 5 heteroatoms. The molecule has 0 radical (unpaired) electrons. The zero-order valence-electron chi connectivity index (χ0n) is 11.5. The molecule has 20 heavy (non-hydrogen) atoms. The fraction of sp³-hybridized carbons (Fsp3) is 0.533. The first-order chi connectivity index (χ1) is 9.56. The van der Waals surface area contributed by atoms with E-state index in [-0.39, 0.29) is 11.9 Å². The topological polar surface area (TPSA) is 23.6 Å². The number of benzene rings is 1. The zero-order valence-corrected chi connectivity index (χ0v) is 14.7. The summed E-state index contributed by atoms with van der Waals surface area (Å²) in [5, 5.41) is 0. The molecule has 0 N–H and O–H groups in total. The molecule has 2 aliphatic heterocycles. The van der Waals surface area contributed by atoms with Crippen molar-refractivity contribution in [3.63, 3.8) is 0 Å². The molecule has 1 aromatic rings. The van der Waals surface area contributed by atoms with Crippen molar-refractivity contribution >= 4 is 37.8 Å². The van der Waals surface area contributed by atoms with Crippen molar-refractivity contribution in [2.45, 2.75) is 31.8 Å². The SMILES string of the molecule is CC1CN2CCCC2CN1C(=O)c1ccc(Br)cc1Br. The van der Waals surface area contributed by atoms with Gasteiger partial charge in [-0.25, -0.2) is 0 Å². The van der Waals surface area contributed by atoms with E-state index >= 15 is 0 Å². The van der Waals surface area contributed by atoms with Gasteiger partial charge in [-0.3, -0.25) is 9.69 Å². The number of hydrogen-bond acceptors (Lipinski definition) is 2. The van der Waals surface area contributed by atoms with Gasteiger partial charge in [0.1, 0.15) is 0 Å². The van der Waals surface area contributed by atoms with Gasteiger partial charge in [0.2, 0.25) is 0 Å². The molecule has 108 valence electrons. The van der Waals surface area contributed by atoms with Crippen molar-refractivity contribution in [3.8, 4) is 0 Å². The molecule has 0 spiro atoms. The van der Waals surface area contributed by atoms with Crippen molar-refractivity contribution in [1.82, 2.24) is 9.80 Å². The van der Waals surface area contributed by atoms with Crippen LogP contribution < -0.4 is 0 Å². The maximum absolute atomic E-state index is 12.8. The number of carbonyl (C=O) groups excluding carboxylic acids is 1. The van der Waals surface area contributed by atoms with Crippen LogP contribution in [0.3, 0.4) is 0 Å². The number of amides is 1. The highest BCUT2D eigenvalue weighted by atomic mass is 79.9. The first-order valence-electron chi connectivity index (χ1n) is 7.06. The highest BCUT2D eigenvalue weighted by molar-refractivity contribution is 9.11. The third-order valence-electron chi connectivity index (χ3n) is 4.36. The molecule has 1 aromatic carbocycles. The van der Waals surface area contributed by atoms with E-state index in [1.54, 1.807) is 0 Å². The van der Waals surface area contributed by atoms with E-state index < -0.39 is 0 Å². The average Bonchev–Trinajstić information content (AvgIpc) is 2.84. The summed E-state index contributed by atoms with van der Waals surface area (Å²) in [7, 11) is 0. The Labute approximate surface area is 136 Å². The van der Waals surface area contributed by atoms with Gasteiger partial charge in [-0.1, -0.05) is 15.9 Å². The summed E-state index contributed by atoms with van der Waals surface area (Å²) in [6, 6.07) is 6.60. The molecule has 2 fully saturated rings. The second-order valence-corrected chi connectivity index (χ2v) is 7.49. The van der Waals surface area contributed by atoms with Gasteiger partial charge in [0.15, 0.2) is 0 Å². The van der Waals surface area contributed by atoms with E-state index in [9.17, 15) is 4.79 Å². The van der Waals surface area contributed by atoms with Crippen molar-refractivity contribution in [3.05, 3.63) is 32.7 Å². The summed E-state index contributed by atoms with van der Waals surface area (Å²) in [5.41, 5.74) is 0.756. The molecule has 0 aliphatic carbocycles. The highest BCUT2D eigenvalue weighted by Gasteiger charge is 2.37. The number of halogens is 2. The van der Waals surface area contributed by atoms with Crippen LogP contribution in [0.15, 0.2) is 27.1 Å². The molecule has 0 aromatic heterocycles. The molecule has 0 saturated carbocycles. The Hall–Kier alpha value is -0.390. The fourth-order valence-corrected chi connectivity index (χ4v) is 4.50. The van der Waals surface area contributed by atoms with Crippen LogP contribution in [0.4, 0.5) is 0 Å². The molecule has 2 unspecified atom stereocenters. The number of carbonyl (C=O) groups is 1. The van der Waals surface area contributed by atoms with Crippen molar-refractivity contribution in [2.24, 2.45) is 0 Å². The minimum Gasteiger partial charge on any atom is -0.333 e. The smallest absolute Gasteiger partial charge is 0.255 e. The summed E-state index contributed by atoms with van der Waals surface area (Å²) in [4.78, 5) is 17.4. The van der Waals surface area contributed by atoms with Gasteiger partial charge in [-0.05, 0) is 60.4 Å². The first kappa shape index (κ1) is 14.5. The largest absolute Gasteiger partial charge is 0.333 e. The number of nitrogens with zero attached hydrogens (tertiary/aromatic N) is 2. The van der Waals surface area contributed by atoms with Crippen LogP contribution in [0.2, 0.25) is 0 Å². The van der Waals surface area contributed by atoms with Gasteiger partial charge in [-0.2, -0.15) is 0 Å². The summed E-state index contributed by atoms with van der Waals surface area (Å²) in [5.74, 6) is 0.142. The molecule has 3 nitrogen and oxygen atoms in total. The second kappa shape index (κ2) is 5.78. The van der Waals surface area contributed by atoms with Crippen LogP contribution in [-0.2, 0) is 0 Å². The lowest BCUT2D eigenvalue weighted by Gasteiger charge is -2.42. The van der Waals surface area contributed by atoms with Gasteiger partial charge in [0.05, 0.1) is 5.56 Å². The van der Waals surface area contributed by atoms with Crippen molar-refractivity contribution in [2.75, 3.05) is 19.6 Å². The monoisotopic (exact) mass is 400 g/mol. The molecule has 2 heterocycles. The average molecular weight is 402 g/mol. The second-order valence-electron chi connectivity index (χ2n) is 5.72. The maximum Gasteiger partial charge on any atom is 0.255 e. The predicted molar refractivity (Wildman–Crippen MR) is 86.9 cm³/mol. The Bertz CT molecular complexity index is 535. The molecule has 2 saturated heterocycles. The number of fused-ring (bicyclic) bond motifs is 1. The lowest BCUT2D eigenvalue weighted by atomic mass is 10.1. The standard InChI is InChI=1S/C15H18Br2N2O/c1-10-8-18-6-2-3-12(18)9-19(10)15(20)13-5-4-11(16)7-14(13)17/h4-5,7,10,12H,2-3,6,8-9H2,1H3. The quantitative estimate of drug-likeness (QED) is 0.718. The Morgan fingerprint density at radius 2 is 2.10 bits per heavy atom. The van der Waals surface area contributed by atoms with Crippen LogP contribution in [0.25, 0.3) is 0 Å². The van der Waals surface area contributed by atoms with Gasteiger partial charge in [0.25, 0.3) is 5.91 Å². The van der Waals surface area contributed by atoms with Crippen LogP contribution in [-0.4, -0.2) is 47.4 Å². The molecule has 1 amide bonds. The number of hydrogen-bond donors (Lipinski definition) is 0. The van der Waals surface area contributed by atoms with Gasteiger partial charge in [-0.15, -0.1) is 0 Å². The Morgan fingerprint density at radius 1 is 1.30 bits per heavy atom. The Balaban J connectivity index is 1.82. The van der Waals surface area contributed by atoms with Gasteiger partial charge >= 0.3 is 0 Å². The van der Waals surface area contributed by atoms with E-state index in [0.29, 0.717) is 6.04 Å². The summed E-state index contributed by atoms with van der Waals surface area (Å²) >= 11 is 6.93. The van der Waals surface area contributed by atoms with E-state index in [1.165, 1.54) is 19.4 Å². The molecular formula is C15H18Br2N2O. The normalized spacial score (nSPS) is 26.6. The molecule has 2 aliphatic rings. The van der Waals surface area contributed by atoms with Crippen molar-refractivity contribution in [1.29, 1.82) is 0 Å². The summed E-state index contributed by atoms with van der Waals surface area (Å²) < 4.78 is 1.84. The predicted octanol–water partition coefficient (Wildman–Crippen LogP) is 3.52. The van der Waals surface area contributed by atoms with Gasteiger partial charge < -0.3 is 4.90 Å². The molecule has 3 rings (SSSR count). The van der Waals surface area contributed by atoms with Crippen LogP contribution >= 0.6 is 31.9 Å². The lowest BCUT2D eigenvalue weighted by molar-refractivity contribution is 0.0394. The van der Waals surface area contributed by atoms with E-state index in [2.05, 4.69) is 43.7 Å². The first-order valence-corrected chi connectivity index (χ1v) is 8.65. The highest BCUT2D eigenvalue weighted by Crippen LogP contribution is 2.28. The minimum absolute atomic E-state index is 0.142. The summed E-state index contributed by atoms with van der Waals surface area (Å²) in [6.07, 6.45) is 2.49. The summed E-state index contributed by atoms with van der Waals surface area (Å²) in [6.45, 7) is 5.21. The Kier molecular flexibility index (Phi) is 4.20. The number of piperazine rings is 1. The lowest BCUT2D eigenvalue weighted by Crippen LogP contribution is -2.56. The molecule has 0 bridgehead atoms. The van der Waals surface area contributed by atoms with E-state index in [0.717, 1.165) is 27.6 Å². The van der Waals surface area contributed by atoms with Gasteiger partial charge in [0, 0.05) is 34.1 Å². The third-order valence-corrected chi connectivity index (χ3v) is 5.51. The van der Waals surface area contributed by atoms with E-state index in [4.69, 9.17) is 0 Å². The van der Waals surface area contributed by atoms with Crippen LogP contribution in [0, 0.1) is 0 Å². The number of rotatable bonds is 1. The molecule has 2 atom stereocenters. The Morgan fingerprint density at radius 3 is 2.85 bits per heavy atom. The van der Waals surface area contributed by atoms with E-state index in [1.807, 2.05) is 23.1 Å². The zero-order chi connectivity index (χ0) is 14.3. The minimum atomic E-state index is 0.142. The maximum atomic E-state index is 12.8. The van der Waals surface area contributed by atoms with Crippen molar-refractivity contribution < 1.29 is 4.79 Å². The van der Waals surface area contributed by atoms with Crippen LogP contribution in [0.5, 0.6) is 0 Å². The fourth-order valence-electron chi connectivity index (χ4n) is 3.29.